The van der Waals surface area contributed by atoms with Crippen LogP contribution in [0.2, 0.25) is 0 Å². The zero-order chi connectivity index (χ0) is 48.1. The summed E-state index contributed by atoms with van der Waals surface area (Å²) in [7, 11) is 0. The molecule has 4 heteroatoms. The monoisotopic (exact) mass is 908 g/mol. The molecule has 0 spiro atoms. The van der Waals surface area contributed by atoms with Crippen LogP contribution in [0.25, 0.3) is 11.1 Å². The summed E-state index contributed by atoms with van der Waals surface area (Å²) in [5, 5.41) is 3.87. The second-order valence-corrected chi connectivity index (χ2v) is 18.9. The topological polar surface area (TPSA) is 21.8 Å². The fourth-order valence-electron chi connectivity index (χ4n) is 9.42. The molecule has 344 valence electrons. The van der Waals surface area contributed by atoms with Crippen LogP contribution in [0.4, 0.5) is 56.9 Å². The molecule has 0 aliphatic heterocycles. The first-order valence-corrected chi connectivity index (χ1v) is 24.4. The Morgan fingerprint density at radius 2 is 0.557 bits per heavy atom. The van der Waals surface area contributed by atoms with Crippen LogP contribution in [-0.2, 0) is 0 Å². The van der Waals surface area contributed by atoms with E-state index in [1.54, 1.807) is 0 Å². The number of rotatable bonds is 13. The van der Waals surface area contributed by atoms with Gasteiger partial charge in [-0.3, -0.25) is 0 Å². The van der Waals surface area contributed by atoms with E-state index >= 15 is 0 Å². The van der Waals surface area contributed by atoms with Gasteiger partial charge in [-0.25, -0.2) is 0 Å². The van der Waals surface area contributed by atoms with Crippen LogP contribution in [0.15, 0.2) is 242 Å². The van der Waals surface area contributed by atoms with Crippen molar-refractivity contribution < 1.29 is 0 Å². The van der Waals surface area contributed by atoms with Gasteiger partial charge in [-0.2, -0.15) is 0 Å². The molecule has 70 heavy (non-hydrogen) atoms. The van der Waals surface area contributed by atoms with E-state index in [9.17, 15) is 0 Å². The smallest absolute Gasteiger partial charge is 0.0551 e. The van der Waals surface area contributed by atoms with Gasteiger partial charge in [-0.15, -0.1) is 0 Å². The molecule has 9 aromatic carbocycles. The fraction of sp³-hybridized carbons (Fsp3) is 0.121. The number of aryl methyl sites for hydroxylation is 5. The molecule has 2 atom stereocenters. The molecule has 0 amide bonds. The molecule has 1 N–H and O–H groups in total. The maximum atomic E-state index is 3.87. The summed E-state index contributed by atoms with van der Waals surface area (Å²) in [6.07, 6.45) is 6.93. The van der Waals surface area contributed by atoms with E-state index < -0.39 is 0 Å². The van der Waals surface area contributed by atoms with Gasteiger partial charge in [0.2, 0.25) is 0 Å². The number of nitrogens with one attached hydrogen (secondary N) is 1. The van der Waals surface area contributed by atoms with Crippen LogP contribution < -0.4 is 20.0 Å². The standard InChI is InChI=1S/C66H60N4/c1-46-7-26-56(27-8-46)68(57-28-9-47(2)10-29-57)62-38-22-54(23-39-62)65-45-51(6)17-44-66(65)67-55-24-18-52(19-25-55)53-20-36-61(37-21-53)70(60-34-15-50(5)16-35-60)64-42-40-63(41-43-64)69(58-30-11-48(3)12-31-58)59-32-13-49(4)14-33-59/h7-45,65-67H,1-6H3. The van der Waals surface area contributed by atoms with Crippen molar-refractivity contribution in [1.82, 2.24) is 0 Å². The third-order valence-corrected chi connectivity index (χ3v) is 13.4. The van der Waals surface area contributed by atoms with Crippen molar-refractivity contribution >= 4 is 56.9 Å². The molecule has 2 unspecified atom stereocenters. The lowest BCUT2D eigenvalue weighted by Gasteiger charge is -2.29. The van der Waals surface area contributed by atoms with Crippen LogP contribution in [-0.4, -0.2) is 6.04 Å². The molecule has 0 fully saturated rings. The molecule has 4 nitrogen and oxygen atoms in total. The summed E-state index contributed by atoms with van der Waals surface area (Å²) in [6.45, 7) is 12.9. The molecular weight excluding hydrogens is 849 g/mol. The Morgan fingerprint density at radius 1 is 0.300 bits per heavy atom. The third kappa shape index (κ3) is 10.1. The van der Waals surface area contributed by atoms with E-state index in [1.165, 1.54) is 50.1 Å². The molecule has 0 aromatic heterocycles. The molecule has 1 aliphatic carbocycles. The SMILES string of the molecule is CC1=CC(c2ccc(N(c3ccc(C)cc3)c3ccc(C)cc3)cc2)C(Nc2ccc(-c3ccc(N(c4ccc(C)cc4)c4ccc(N(c5ccc(C)cc5)c5ccc(C)cc5)cc4)cc3)cc2)C=C1. The summed E-state index contributed by atoms with van der Waals surface area (Å²) in [6, 6.07) is 79.8. The fourth-order valence-corrected chi connectivity index (χ4v) is 9.42. The van der Waals surface area contributed by atoms with Crippen molar-refractivity contribution in [3.8, 4) is 11.1 Å². The van der Waals surface area contributed by atoms with E-state index in [1.807, 2.05) is 0 Å². The van der Waals surface area contributed by atoms with Gasteiger partial charge >= 0.3 is 0 Å². The number of allylic oxidation sites excluding steroid dienone is 2. The first-order chi connectivity index (χ1) is 34.1. The number of benzene rings is 9. The Morgan fingerprint density at radius 3 is 0.871 bits per heavy atom. The Hall–Kier alpha value is -8.34. The van der Waals surface area contributed by atoms with Crippen LogP contribution in [0.5, 0.6) is 0 Å². The lowest BCUT2D eigenvalue weighted by Crippen LogP contribution is -2.26. The van der Waals surface area contributed by atoms with Gasteiger partial charge in [0.15, 0.2) is 0 Å². The maximum Gasteiger partial charge on any atom is 0.0551 e. The van der Waals surface area contributed by atoms with Crippen LogP contribution in [0, 0.1) is 34.6 Å². The zero-order valence-electron chi connectivity index (χ0n) is 41.0. The van der Waals surface area contributed by atoms with Crippen LogP contribution >= 0.6 is 0 Å². The van der Waals surface area contributed by atoms with E-state index in [0.717, 1.165) is 56.9 Å². The van der Waals surface area contributed by atoms with Gasteiger partial charge in [0.25, 0.3) is 0 Å². The predicted octanol–water partition coefficient (Wildman–Crippen LogP) is 18.4. The minimum atomic E-state index is 0.0973. The second-order valence-electron chi connectivity index (χ2n) is 18.9. The highest BCUT2D eigenvalue weighted by Gasteiger charge is 2.23. The van der Waals surface area contributed by atoms with Crippen molar-refractivity contribution in [2.24, 2.45) is 0 Å². The van der Waals surface area contributed by atoms with Crippen molar-refractivity contribution in [1.29, 1.82) is 0 Å². The average molecular weight is 909 g/mol. The molecule has 9 aromatic rings. The number of nitrogens with zero attached hydrogens (tertiary/aromatic N) is 3. The highest BCUT2D eigenvalue weighted by Crippen LogP contribution is 2.41. The van der Waals surface area contributed by atoms with E-state index in [4.69, 9.17) is 0 Å². The van der Waals surface area contributed by atoms with Gasteiger partial charge in [0.1, 0.15) is 0 Å². The molecule has 10 rings (SSSR count). The summed E-state index contributed by atoms with van der Waals surface area (Å²) in [5.74, 6) is 0.173. The molecule has 0 heterocycles. The molecule has 1 aliphatic rings. The maximum absolute atomic E-state index is 3.87. The summed E-state index contributed by atoms with van der Waals surface area (Å²) < 4.78 is 0. The van der Waals surface area contributed by atoms with Gasteiger partial charge in [-0.05, 0) is 180 Å². The predicted molar refractivity (Wildman–Crippen MR) is 299 cm³/mol. The highest BCUT2D eigenvalue weighted by atomic mass is 15.2. The van der Waals surface area contributed by atoms with Crippen LogP contribution in [0.1, 0.15) is 46.2 Å². The first kappa shape index (κ1) is 45.4. The minimum absolute atomic E-state index is 0.0973. The van der Waals surface area contributed by atoms with Gasteiger partial charge < -0.3 is 20.0 Å². The van der Waals surface area contributed by atoms with E-state index in [0.29, 0.717) is 0 Å². The Kier molecular flexibility index (Phi) is 13.0. The molecule has 0 radical (unpaired) electrons. The van der Waals surface area contributed by atoms with Crippen molar-refractivity contribution in [2.75, 3.05) is 20.0 Å². The van der Waals surface area contributed by atoms with Crippen LogP contribution in [0.3, 0.4) is 0 Å². The molecule has 0 saturated carbocycles. The highest BCUT2D eigenvalue weighted by molar-refractivity contribution is 5.83. The number of anilines is 10. The lowest BCUT2D eigenvalue weighted by molar-refractivity contribution is 0.749. The van der Waals surface area contributed by atoms with E-state index in [2.05, 4.69) is 298 Å². The third-order valence-electron chi connectivity index (χ3n) is 13.4. The summed E-state index contributed by atoms with van der Waals surface area (Å²) >= 11 is 0. The Balaban J connectivity index is 0.873. The summed E-state index contributed by atoms with van der Waals surface area (Å²) in [4.78, 5) is 6.99. The second kappa shape index (κ2) is 20.1. The minimum Gasteiger partial charge on any atom is -0.378 e. The Labute approximate surface area is 415 Å². The van der Waals surface area contributed by atoms with Crippen molar-refractivity contribution in [3.63, 3.8) is 0 Å². The lowest BCUT2D eigenvalue weighted by atomic mass is 9.85. The van der Waals surface area contributed by atoms with Crippen molar-refractivity contribution in [3.05, 3.63) is 276 Å². The number of hydrogen-bond acceptors (Lipinski definition) is 4. The zero-order valence-corrected chi connectivity index (χ0v) is 41.0. The van der Waals surface area contributed by atoms with Crippen molar-refractivity contribution in [2.45, 2.75) is 53.5 Å². The molecule has 0 saturated heterocycles. The summed E-state index contributed by atoms with van der Waals surface area (Å²) in [5.41, 5.74) is 22.2. The molecular formula is C66H60N4. The number of hydrogen-bond donors (Lipinski definition) is 1. The van der Waals surface area contributed by atoms with E-state index in [-0.39, 0.29) is 12.0 Å². The van der Waals surface area contributed by atoms with Gasteiger partial charge in [-0.1, -0.05) is 149 Å². The first-order valence-electron chi connectivity index (χ1n) is 24.4. The average Bonchev–Trinajstić information content (AvgIpc) is 3.39. The van der Waals surface area contributed by atoms with Gasteiger partial charge in [0.05, 0.1) is 6.04 Å². The quantitative estimate of drug-likeness (QED) is 0.124. The van der Waals surface area contributed by atoms with Gasteiger partial charge in [0, 0.05) is 62.8 Å². The largest absolute Gasteiger partial charge is 0.378 e. The molecule has 0 bridgehead atoms. The normalized spacial score (nSPS) is 14.2. The Bertz CT molecular complexity index is 3130.